The molecule has 0 radical (unpaired) electrons. The second-order valence-corrected chi connectivity index (χ2v) is 4.08. The van der Waals surface area contributed by atoms with Crippen LogP contribution < -0.4 is 0 Å². The topological polar surface area (TPSA) is 34.1 Å². The lowest BCUT2D eigenvalue weighted by atomic mass is 9.97. The number of hydrogen-bond acceptors (Lipinski definition) is 2. The summed E-state index contributed by atoms with van der Waals surface area (Å²) in [5, 5.41) is 0. The molecule has 0 spiro atoms. The van der Waals surface area contributed by atoms with Crippen molar-refractivity contribution in [2.75, 3.05) is 0 Å². The SMILES string of the molecule is C/C(=C\CC1=CC(=O)C=CC1=O)C(C)C. The van der Waals surface area contributed by atoms with Crippen LogP contribution in [0.15, 0.2) is 35.5 Å². The second-order valence-electron chi connectivity index (χ2n) is 4.08. The van der Waals surface area contributed by atoms with E-state index < -0.39 is 0 Å². The third-order valence-electron chi connectivity index (χ3n) is 2.59. The zero-order chi connectivity index (χ0) is 11.4. The summed E-state index contributed by atoms with van der Waals surface area (Å²) in [4.78, 5) is 22.4. The minimum Gasteiger partial charge on any atom is -0.290 e. The van der Waals surface area contributed by atoms with E-state index in [0.29, 0.717) is 17.9 Å². The van der Waals surface area contributed by atoms with E-state index in [4.69, 9.17) is 0 Å². The maximum Gasteiger partial charge on any atom is 0.182 e. The molecule has 1 rings (SSSR count). The molecule has 0 fully saturated rings. The Kier molecular flexibility index (Phi) is 3.78. The van der Waals surface area contributed by atoms with Gasteiger partial charge in [0, 0.05) is 5.57 Å². The number of rotatable bonds is 3. The van der Waals surface area contributed by atoms with Crippen molar-refractivity contribution in [1.82, 2.24) is 0 Å². The van der Waals surface area contributed by atoms with Crippen molar-refractivity contribution >= 4 is 11.6 Å². The maximum atomic E-state index is 11.4. The van der Waals surface area contributed by atoms with Crippen molar-refractivity contribution in [3.8, 4) is 0 Å². The minimum absolute atomic E-state index is 0.0533. The summed E-state index contributed by atoms with van der Waals surface area (Å²) < 4.78 is 0. The van der Waals surface area contributed by atoms with E-state index in [2.05, 4.69) is 13.8 Å². The van der Waals surface area contributed by atoms with Crippen molar-refractivity contribution < 1.29 is 9.59 Å². The van der Waals surface area contributed by atoms with Gasteiger partial charge >= 0.3 is 0 Å². The number of carbonyl (C=O) groups is 2. The number of allylic oxidation sites excluding steroid dienone is 6. The van der Waals surface area contributed by atoms with Gasteiger partial charge in [0.05, 0.1) is 0 Å². The van der Waals surface area contributed by atoms with Gasteiger partial charge in [-0.05, 0) is 37.5 Å². The molecule has 0 saturated heterocycles. The molecule has 0 heterocycles. The summed E-state index contributed by atoms with van der Waals surface area (Å²) in [5.41, 5.74) is 1.83. The number of hydrogen-bond donors (Lipinski definition) is 0. The molecule has 80 valence electrons. The Morgan fingerprint density at radius 2 is 2.00 bits per heavy atom. The van der Waals surface area contributed by atoms with E-state index in [9.17, 15) is 9.59 Å². The molecule has 0 aliphatic heterocycles. The van der Waals surface area contributed by atoms with Crippen LogP contribution in [-0.4, -0.2) is 11.6 Å². The molecule has 2 nitrogen and oxygen atoms in total. The predicted octanol–water partition coefficient (Wildman–Crippen LogP) is 2.61. The van der Waals surface area contributed by atoms with Crippen LogP contribution in [0.4, 0.5) is 0 Å². The summed E-state index contributed by atoms with van der Waals surface area (Å²) in [6.45, 7) is 6.25. The zero-order valence-electron chi connectivity index (χ0n) is 9.41. The first-order chi connectivity index (χ1) is 7.00. The monoisotopic (exact) mass is 204 g/mol. The van der Waals surface area contributed by atoms with E-state index in [1.165, 1.54) is 23.8 Å². The third-order valence-corrected chi connectivity index (χ3v) is 2.59. The summed E-state index contributed by atoms with van der Waals surface area (Å²) >= 11 is 0. The van der Waals surface area contributed by atoms with Gasteiger partial charge in [-0.2, -0.15) is 0 Å². The molecule has 0 amide bonds. The minimum atomic E-state index is -0.0970. The highest BCUT2D eigenvalue weighted by Crippen LogP contribution is 2.15. The molecular formula is C13H16O2. The van der Waals surface area contributed by atoms with Gasteiger partial charge in [-0.1, -0.05) is 25.5 Å². The normalized spacial score (nSPS) is 17.3. The van der Waals surface area contributed by atoms with Gasteiger partial charge in [0.2, 0.25) is 0 Å². The van der Waals surface area contributed by atoms with E-state index in [1.807, 2.05) is 13.0 Å². The average Bonchev–Trinajstić information content (AvgIpc) is 2.18. The standard InChI is InChI=1S/C13H16O2/c1-9(2)10(3)4-5-11-8-12(14)6-7-13(11)15/h4,6-9H,5H2,1-3H3/b10-4+. The van der Waals surface area contributed by atoms with Crippen LogP contribution in [0, 0.1) is 5.92 Å². The fraction of sp³-hybridized carbons (Fsp3) is 0.385. The molecule has 0 aromatic rings. The van der Waals surface area contributed by atoms with Crippen LogP contribution in [0.25, 0.3) is 0 Å². The van der Waals surface area contributed by atoms with Crippen LogP contribution in [0.1, 0.15) is 27.2 Å². The Labute approximate surface area is 90.4 Å². The molecule has 1 aliphatic rings. The summed E-state index contributed by atoms with van der Waals surface area (Å²) in [5.74, 6) is 0.332. The third kappa shape index (κ3) is 3.31. The summed E-state index contributed by atoms with van der Waals surface area (Å²) in [6, 6.07) is 0. The number of ketones is 2. The Bertz CT molecular complexity index is 368. The largest absolute Gasteiger partial charge is 0.290 e. The van der Waals surface area contributed by atoms with E-state index in [1.54, 1.807) is 0 Å². The van der Waals surface area contributed by atoms with Crippen molar-refractivity contribution in [3.05, 3.63) is 35.5 Å². The first-order valence-electron chi connectivity index (χ1n) is 5.14. The van der Waals surface area contributed by atoms with Crippen molar-refractivity contribution in [2.24, 2.45) is 5.92 Å². The van der Waals surface area contributed by atoms with Gasteiger partial charge < -0.3 is 0 Å². The molecule has 15 heavy (non-hydrogen) atoms. The molecule has 0 aromatic carbocycles. The van der Waals surface area contributed by atoms with Crippen LogP contribution in [0.5, 0.6) is 0 Å². The fourth-order valence-electron chi connectivity index (χ4n) is 1.22. The van der Waals surface area contributed by atoms with Gasteiger partial charge in [0.25, 0.3) is 0 Å². The van der Waals surface area contributed by atoms with Crippen LogP contribution in [0.2, 0.25) is 0 Å². The second kappa shape index (κ2) is 4.87. The van der Waals surface area contributed by atoms with E-state index in [-0.39, 0.29) is 11.6 Å². The van der Waals surface area contributed by atoms with Gasteiger partial charge in [-0.3, -0.25) is 9.59 Å². The molecule has 0 atom stereocenters. The average molecular weight is 204 g/mol. The fourth-order valence-corrected chi connectivity index (χ4v) is 1.22. The highest BCUT2D eigenvalue weighted by molar-refractivity contribution is 6.17. The lowest BCUT2D eigenvalue weighted by Gasteiger charge is -2.07. The summed E-state index contributed by atoms with van der Waals surface area (Å²) in [7, 11) is 0. The Morgan fingerprint density at radius 1 is 1.33 bits per heavy atom. The molecule has 0 bridgehead atoms. The highest BCUT2D eigenvalue weighted by Gasteiger charge is 2.11. The lowest BCUT2D eigenvalue weighted by Crippen LogP contribution is -2.07. The zero-order valence-corrected chi connectivity index (χ0v) is 9.41. The Balaban J connectivity index is 2.71. The smallest absolute Gasteiger partial charge is 0.182 e. The lowest BCUT2D eigenvalue weighted by molar-refractivity contribution is -0.114. The Hall–Kier alpha value is -1.44. The molecule has 2 heteroatoms. The van der Waals surface area contributed by atoms with Crippen molar-refractivity contribution in [2.45, 2.75) is 27.2 Å². The molecular weight excluding hydrogens is 188 g/mol. The molecule has 0 saturated carbocycles. The van der Waals surface area contributed by atoms with E-state index in [0.717, 1.165) is 0 Å². The highest BCUT2D eigenvalue weighted by atomic mass is 16.1. The van der Waals surface area contributed by atoms with Gasteiger partial charge in [0.15, 0.2) is 11.6 Å². The molecule has 1 aliphatic carbocycles. The molecule has 0 unspecified atom stereocenters. The van der Waals surface area contributed by atoms with Gasteiger partial charge in [-0.15, -0.1) is 0 Å². The molecule has 0 N–H and O–H groups in total. The molecule has 0 aromatic heterocycles. The maximum absolute atomic E-state index is 11.4. The predicted molar refractivity (Wildman–Crippen MR) is 60.4 cm³/mol. The van der Waals surface area contributed by atoms with Crippen LogP contribution in [0.3, 0.4) is 0 Å². The first kappa shape index (κ1) is 11.6. The van der Waals surface area contributed by atoms with Crippen LogP contribution >= 0.6 is 0 Å². The Morgan fingerprint density at radius 3 is 2.60 bits per heavy atom. The number of carbonyl (C=O) groups excluding carboxylic acids is 2. The van der Waals surface area contributed by atoms with Crippen LogP contribution in [-0.2, 0) is 9.59 Å². The van der Waals surface area contributed by atoms with Crippen molar-refractivity contribution in [1.29, 1.82) is 0 Å². The van der Waals surface area contributed by atoms with Crippen molar-refractivity contribution in [3.63, 3.8) is 0 Å². The quantitative estimate of drug-likeness (QED) is 0.523. The summed E-state index contributed by atoms with van der Waals surface area (Å²) in [6.07, 6.45) is 6.65. The van der Waals surface area contributed by atoms with E-state index >= 15 is 0 Å². The van der Waals surface area contributed by atoms with Gasteiger partial charge in [-0.25, -0.2) is 0 Å². The van der Waals surface area contributed by atoms with Gasteiger partial charge in [0.1, 0.15) is 0 Å². The first-order valence-corrected chi connectivity index (χ1v) is 5.14.